The first-order valence-electron chi connectivity index (χ1n) is 22.2. The normalized spacial score (nSPS) is 13.8. The zero-order valence-corrected chi connectivity index (χ0v) is 40.8. The molecule has 340 valence electrons. The summed E-state index contributed by atoms with van der Waals surface area (Å²) in [5, 5.41) is 0. The van der Waals surface area contributed by atoms with E-state index in [-0.39, 0.29) is 19.8 Å². The Bertz CT molecular complexity index is 3890. The molecule has 0 N–H and O–H groups in total. The summed E-state index contributed by atoms with van der Waals surface area (Å²) < 4.78 is 25.8. The molecule has 2 aliphatic rings. The molecule has 0 aliphatic heterocycles. The summed E-state index contributed by atoms with van der Waals surface area (Å²) in [7, 11) is 0. The standard InChI is InChI=1S/C56H35N3O6S5/c60-54(63-29-32-14-4-1-5-15-32)57-37(25-36-24-35-20-10-11-21-39(35)49(36)66)27-43-45(57)47-52(69-43)53-48(59(47)56(62)65-31-34-18-8-3-9-19-34)46-44(70-53)28-38(58(46)55(61)64-30-33-16-6-2-7-17-33)26-42-50(67)40-22-12-13-23-41(40)51(42)68/h1-23,25-28H,24,29-31H2/b36-25+. The summed E-state index contributed by atoms with van der Waals surface area (Å²) in [6.45, 7) is -0.0346. The lowest BCUT2D eigenvalue weighted by Gasteiger charge is -2.12. The molecule has 12 rings (SSSR count). The van der Waals surface area contributed by atoms with E-state index >= 15 is 4.79 Å². The van der Waals surface area contributed by atoms with Crippen molar-refractivity contribution >= 4 is 145 Å². The maximum absolute atomic E-state index is 15.1. The Balaban J connectivity index is 1.09. The van der Waals surface area contributed by atoms with Crippen LogP contribution in [0.2, 0.25) is 0 Å². The van der Waals surface area contributed by atoms with Crippen molar-refractivity contribution in [3.8, 4) is 0 Å². The zero-order valence-electron chi connectivity index (χ0n) is 36.7. The highest BCUT2D eigenvalue weighted by molar-refractivity contribution is 7.84. The second-order valence-electron chi connectivity index (χ2n) is 16.8. The molecule has 0 atom stereocenters. The molecule has 14 heteroatoms. The predicted octanol–water partition coefficient (Wildman–Crippen LogP) is 14.3. The van der Waals surface area contributed by atoms with Crippen LogP contribution < -0.4 is 0 Å². The highest BCUT2D eigenvalue weighted by atomic mass is 32.1. The molecule has 10 aromatic rings. The van der Waals surface area contributed by atoms with E-state index in [0.717, 1.165) is 58.6 Å². The van der Waals surface area contributed by atoms with Crippen molar-refractivity contribution in [1.82, 2.24) is 13.7 Å². The molecule has 0 saturated carbocycles. The largest absolute Gasteiger partial charge is 0.444 e. The highest BCUT2D eigenvalue weighted by Gasteiger charge is 2.34. The third-order valence-electron chi connectivity index (χ3n) is 12.6. The van der Waals surface area contributed by atoms with Gasteiger partial charge in [0.05, 0.1) is 62.0 Å². The van der Waals surface area contributed by atoms with E-state index in [9.17, 15) is 9.59 Å². The number of carbonyl (C=O) groups is 3. The van der Waals surface area contributed by atoms with Gasteiger partial charge in [0.1, 0.15) is 19.8 Å². The Hall–Kier alpha value is -7.46. The first kappa shape index (κ1) is 43.8. The van der Waals surface area contributed by atoms with E-state index in [2.05, 4.69) is 6.07 Å². The second-order valence-corrected chi connectivity index (χ2v) is 20.2. The maximum atomic E-state index is 15.1. The van der Waals surface area contributed by atoms with Gasteiger partial charge in [0.25, 0.3) is 0 Å². The van der Waals surface area contributed by atoms with Gasteiger partial charge in [-0.15, -0.1) is 22.7 Å². The SMILES string of the molecule is O=C(OCc1ccccc1)n1c(C=C2C(=S)c3ccccc3C2=S)cc2sc3c4sc5cc(/C=C6\Cc7ccccc7C6=S)n(C(=O)OCc6ccccc6)c5c4n(C(=O)OCc4ccccc4)c3c21. The number of benzene rings is 5. The van der Waals surface area contributed by atoms with E-state index in [1.165, 1.54) is 36.4 Å². The van der Waals surface area contributed by atoms with Crippen LogP contribution in [0, 0.1) is 0 Å². The Morgan fingerprint density at radius 1 is 0.471 bits per heavy atom. The van der Waals surface area contributed by atoms with Crippen LogP contribution in [-0.2, 0) is 40.5 Å². The fraction of sp³-hybridized carbons (Fsp3) is 0.0714. The molecule has 5 aromatic heterocycles. The fourth-order valence-electron chi connectivity index (χ4n) is 9.32. The molecular formula is C56H35N3O6S5. The first-order chi connectivity index (χ1) is 34.2. The number of hydrogen-bond acceptors (Lipinski definition) is 11. The minimum absolute atomic E-state index is 0.00778. The van der Waals surface area contributed by atoms with Crippen LogP contribution in [0.25, 0.3) is 53.0 Å². The molecule has 0 amide bonds. The number of thiocarbonyl (C=S) groups is 3. The fourth-order valence-corrected chi connectivity index (χ4v) is 13.0. The highest BCUT2D eigenvalue weighted by Crippen LogP contribution is 2.49. The van der Waals surface area contributed by atoms with Crippen molar-refractivity contribution in [2.45, 2.75) is 26.2 Å². The zero-order chi connectivity index (χ0) is 47.6. The molecule has 0 spiro atoms. The summed E-state index contributed by atoms with van der Waals surface area (Å²) >= 11 is 20.9. The van der Waals surface area contributed by atoms with Gasteiger partial charge in [-0.25, -0.2) is 28.1 Å². The lowest BCUT2D eigenvalue weighted by molar-refractivity contribution is 0.141. The molecule has 0 bridgehead atoms. The van der Waals surface area contributed by atoms with Gasteiger partial charge in [-0.2, -0.15) is 0 Å². The van der Waals surface area contributed by atoms with Crippen molar-refractivity contribution in [1.29, 1.82) is 0 Å². The van der Waals surface area contributed by atoms with Crippen molar-refractivity contribution in [3.63, 3.8) is 0 Å². The number of thiophene rings is 2. The van der Waals surface area contributed by atoms with E-state index in [1.807, 2.05) is 158 Å². The molecule has 9 nitrogen and oxygen atoms in total. The van der Waals surface area contributed by atoms with Gasteiger partial charge < -0.3 is 14.2 Å². The van der Waals surface area contributed by atoms with Gasteiger partial charge in [-0.1, -0.05) is 176 Å². The third-order valence-corrected chi connectivity index (χ3v) is 16.3. The van der Waals surface area contributed by atoms with Crippen molar-refractivity contribution in [2.24, 2.45) is 0 Å². The maximum Gasteiger partial charge on any atom is 0.419 e. The van der Waals surface area contributed by atoms with Crippen LogP contribution in [0.4, 0.5) is 14.4 Å². The van der Waals surface area contributed by atoms with Crippen molar-refractivity contribution in [3.05, 3.63) is 213 Å². The molecule has 5 heterocycles. The van der Waals surface area contributed by atoms with Gasteiger partial charge >= 0.3 is 18.3 Å². The number of nitrogens with zero attached hydrogens (tertiary/aromatic N) is 3. The van der Waals surface area contributed by atoms with Crippen LogP contribution in [0.3, 0.4) is 0 Å². The summed E-state index contributed by atoms with van der Waals surface area (Å²) in [5.41, 5.74) is 10.4. The monoisotopic (exact) mass is 1010 g/mol. The van der Waals surface area contributed by atoms with E-state index < -0.39 is 18.3 Å². The Morgan fingerprint density at radius 3 is 1.33 bits per heavy atom. The van der Waals surface area contributed by atoms with Crippen LogP contribution in [0.1, 0.15) is 50.3 Å². The van der Waals surface area contributed by atoms with E-state index in [4.69, 9.17) is 50.9 Å². The van der Waals surface area contributed by atoms with Gasteiger partial charge in [0.2, 0.25) is 0 Å². The topological polar surface area (TPSA) is 93.7 Å². The molecular weight excluding hydrogens is 971 g/mol. The summed E-state index contributed by atoms with van der Waals surface area (Å²) in [4.78, 5) is 46.6. The van der Waals surface area contributed by atoms with Crippen molar-refractivity contribution in [2.75, 3.05) is 0 Å². The number of hydrogen-bond donors (Lipinski definition) is 0. The smallest absolute Gasteiger partial charge is 0.419 e. The van der Waals surface area contributed by atoms with Gasteiger partial charge in [-0.05, 0) is 64.1 Å². The van der Waals surface area contributed by atoms with Crippen LogP contribution in [0.15, 0.2) is 163 Å². The predicted molar refractivity (Wildman–Crippen MR) is 290 cm³/mol. The quantitative estimate of drug-likeness (QED) is 0.0838. The first-order valence-corrected chi connectivity index (χ1v) is 25.1. The molecule has 2 aliphatic carbocycles. The van der Waals surface area contributed by atoms with Gasteiger partial charge in [0, 0.05) is 21.6 Å². The molecule has 70 heavy (non-hydrogen) atoms. The lowest BCUT2D eigenvalue weighted by Crippen LogP contribution is -2.18. The van der Waals surface area contributed by atoms with Crippen LogP contribution in [-0.4, -0.2) is 46.6 Å². The summed E-state index contributed by atoms with van der Waals surface area (Å²) in [6, 6.07) is 47.9. The minimum atomic E-state index is -0.708. The Morgan fingerprint density at radius 2 is 0.871 bits per heavy atom. The average Bonchev–Trinajstić information content (AvgIpc) is 4.25. The number of aromatic nitrogens is 3. The molecule has 0 fully saturated rings. The number of fused-ring (bicyclic) bond motifs is 9. The van der Waals surface area contributed by atoms with Gasteiger partial charge in [0.15, 0.2) is 0 Å². The molecule has 0 saturated heterocycles. The molecule has 0 unspecified atom stereocenters. The Kier molecular flexibility index (Phi) is 11.1. The number of allylic oxidation sites excluding steroid dienone is 2. The number of ether oxygens (including phenoxy) is 3. The molecule has 5 aromatic carbocycles. The number of carbonyl (C=O) groups excluding carboxylic acids is 3. The van der Waals surface area contributed by atoms with E-state index in [1.54, 1.807) is 0 Å². The third kappa shape index (κ3) is 7.47. The van der Waals surface area contributed by atoms with Crippen LogP contribution in [0.5, 0.6) is 0 Å². The summed E-state index contributed by atoms with van der Waals surface area (Å²) in [5.74, 6) is 0. The Labute approximate surface area is 424 Å². The minimum Gasteiger partial charge on any atom is -0.444 e. The average molecular weight is 1010 g/mol. The second kappa shape index (κ2) is 17.8. The van der Waals surface area contributed by atoms with Gasteiger partial charge in [-0.3, -0.25) is 0 Å². The van der Waals surface area contributed by atoms with E-state index in [0.29, 0.717) is 64.7 Å². The summed E-state index contributed by atoms with van der Waals surface area (Å²) in [6.07, 6.45) is 2.34. The van der Waals surface area contributed by atoms with Crippen LogP contribution >= 0.6 is 59.3 Å². The number of rotatable bonds is 8. The molecule has 0 radical (unpaired) electrons. The lowest BCUT2D eigenvalue weighted by atomic mass is 10.1. The van der Waals surface area contributed by atoms with Crippen molar-refractivity contribution < 1.29 is 28.6 Å².